The van der Waals surface area contributed by atoms with Crippen LogP contribution < -0.4 is 4.74 Å². The van der Waals surface area contributed by atoms with Crippen LogP contribution >= 0.6 is 0 Å². The third kappa shape index (κ3) is 6.28. The van der Waals surface area contributed by atoms with Crippen LogP contribution in [0.15, 0.2) is 71.6 Å². The lowest BCUT2D eigenvalue weighted by Gasteiger charge is -2.36. The van der Waals surface area contributed by atoms with Crippen LogP contribution in [0, 0.1) is 18.6 Å². The van der Waals surface area contributed by atoms with E-state index in [4.69, 9.17) is 9.47 Å². The highest BCUT2D eigenvalue weighted by atomic mass is 32.2. The molecule has 0 spiro atoms. The molecule has 3 aromatic rings. The molecular formula is C27H30F2N2O4S. The number of hydrogen-bond donors (Lipinski definition) is 0. The van der Waals surface area contributed by atoms with Crippen LogP contribution in [0.1, 0.15) is 22.8 Å². The molecule has 1 heterocycles. The monoisotopic (exact) mass is 516 g/mol. The van der Waals surface area contributed by atoms with Gasteiger partial charge in [-0.1, -0.05) is 42.0 Å². The second kappa shape index (κ2) is 11.5. The topological polar surface area (TPSA) is 59.1 Å². The van der Waals surface area contributed by atoms with E-state index in [-0.39, 0.29) is 19.2 Å². The van der Waals surface area contributed by atoms with Gasteiger partial charge in [-0.15, -0.1) is 0 Å². The van der Waals surface area contributed by atoms with Crippen molar-refractivity contribution in [3.63, 3.8) is 0 Å². The van der Waals surface area contributed by atoms with Gasteiger partial charge in [-0.3, -0.25) is 4.90 Å². The minimum absolute atomic E-state index is 0.196. The molecule has 0 saturated carbocycles. The SMILES string of the molecule is COc1cccc(C(CN2CCN(S(=O)(=O)c3ccc(F)cc3F)CC2)OCc2ccc(C)cc2)c1. The summed E-state index contributed by atoms with van der Waals surface area (Å²) in [6.07, 6.45) is -0.265. The first-order valence-corrected chi connectivity index (χ1v) is 13.2. The highest BCUT2D eigenvalue weighted by Crippen LogP contribution is 2.26. The third-order valence-electron chi connectivity index (χ3n) is 6.30. The highest BCUT2D eigenvalue weighted by Gasteiger charge is 2.31. The van der Waals surface area contributed by atoms with Crippen LogP contribution in [-0.4, -0.2) is 57.5 Å². The maximum Gasteiger partial charge on any atom is 0.246 e. The lowest BCUT2D eigenvalue weighted by atomic mass is 10.1. The third-order valence-corrected chi connectivity index (χ3v) is 8.24. The molecule has 6 nitrogen and oxygen atoms in total. The average Bonchev–Trinajstić information content (AvgIpc) is 2.87. The van der Waals surface area contributed by atoms with Gasteiger partial charge in [-0.25, -0.2) is 17.2 Å². The van der Waals surface area contributed by atoms with Gasteiger partial charge in [0, 0.05) is 38.8 Å². The minimum atomic E-state index is -4.06. The van der Waals surface area contributed by atoms with Gasteiger partial charge in [-0.05, 0) is 42.3 Å². The first-order chi connectivity index (χ1) is 17.3. The van der Waals surface area contributed by atoms with Gasteiger partial charge >= 0.3 is 0 Å². The van der Waals surface area contributed by atoms with E-state index < -0.39 is 26.6 Å². The molecule has 36 heavy (non-hydrogen) atoms. The molecule has 0 radical (unpaired) electrons. The van der Waals surface area contributed by atoms with Gasteiger partial charge in [0.2, 0.25) is 10.0 Å². The molecule has 1 fully saturated rings. The Kier molecular flexibility index (Phi) is 8.35. The summed E-state index contributed by atoms with van der Waals surface area (Å²) in [6, 6.07) is 18.4. The zero-order valence-electron chi connectivity index (χ0n) is 20.4. The van der Waals surface area contributed by atoms with Crippen molar-refractivity contribution in [3.05, 3.63) is 95.1 Å². The number of nitrogens with zero attached hydrogens (tertiary/aromatic N) is 2. The maximum absolute atomic E-state index is 14.2. The first kappa shape index (κ1) is 26.2. The zero-order chi connectivity index (χ0) is 25.7. The fraction of sp³-hybridized carbons (Fsp3) is 0.333. The van der Waals surface area contributed by atoms with Gasteiger partial charge in [0.25, 0.3) is 0 Å². The van der Waals surface area contributed by atoms with Crippen molar-refractivity contribution < 1.29 is 26.7 Å². The normalized spacial score (nSPS) is 16.1. The fourth-order valence-electron chi connectivity index (χ4n) is 4.19. The van der Waals surface area contributed by atoms with Crippen LogP contribution in [0.2, 0.25) is 0 Å². The number of piperazine rings is 1. The summed E-state index contributed by atoms with van der Waals surface area (Å²) in [7, 11) is -2.44. The molecular weight excluding hydrogens is 486 g/mol. The van der Waals surface area contributed by atoms with Crippen LogP contribution in [-0.2, 0) is 21.4 Å². The van der Waals surface area contributed by atoms with Crippen molar-refractivity contribution in [2.24, 2.45) is 0 Å². The van der Waals surface area contributed by atoms with Crippen LogP contribution in [0.5, 0.6) is 5.75 Å². The van der Waals surface area contributed by atoms with Crippen LogP contribution in [0.4, 0.5) is 8.78 Å². The second-order valence-electron chi connectivity index (χ2n) is 8.84. The smallest absolute Gasteiger partial charge is 0.246 e. The Balaban J connectivity index is 1.44. The van der Waals surface area contributed by atoms with Gasteiger partial charge in [0.1, 0.15) is 22.3 Å². The van der Waals surface area contributed by atoms with Crippen molar-refractivity contribution in [1.29, 1.82) is 0 Å². The molecule has 1 unspecified atom stereocenters. The molecule has 1 aliphatic rings. The van der Waals surface area contributed by atoms with E-state index in [1.54, 1.807) is 7.11 Å². The molecule has 0 aliphatic carbocycles. The number of sulfonamides is 1. The molecule has 1 aliphatic heterocycles. The van der Waals surface area contributed by atoms with Gasteiger partial charge < -0.3 is 9.47 Å². The number of benzene rings is 3. The molecule has 0 aromatic heterocycles. The Labute approximate surface area is 211 Å². The molecule has 9 heteroatoms. The number of hydrogen-bond acceptors (Lipinski definition) is 5. The molecule has 4 rings (SSSR count). The summed E-state index contributed by atoms with van der Waals surface area (Å²) in [6.45, 7) is 4.32. The number of ether oxygens (including phenoxy) is 2. The molecule has 1 atom stereocenters. The summed E-state index contributed by atoms with van der Waals surface area (Å²) >= 11 is 0. The summed E-state index contributed by atoms with van der Waals surface area (Å²) in [5.41, 5.74) is 3.20. The summed E-state index contributed by atoms with van der Waals surface area (Å²) < 4.78 is 66.2. The Morgan fingerprint density at radius 1 is 0.944 bits per heavy atom. The summed E-state index contributed by atoms with van der Waals surface area (Å²) in [5.74, 6) is -1.17. The number of rotatable bonds is 9. The van der Waals surface area contributed by atoms with E-state index >= 15 is 0 Å². The Morgan fingerprint density at radius 3 is 2.33 bits per heavy atom. The lowest BCUT2D eigenvalue weighted by molar-refractivity contribution is 0.00762. The maximum atomic E-state index is 14.2. The summed E-state index contributed by atoms with van der Waals surface area (Å²) in [4.78, 5) is 1.62. The van der Waals surface area contributed by atoms with E-state index in [9.17, 15) is 17.2 Å². The van der Waals surface area contributed by atoms with Crippen LogP contribution in [0.25, 0.3) is 0 Å². The second-order valence-corrected chi connectivity index (χ2v) is 10.7. The van der Waals surface area contributed by atoms with Crippen LogP contribution in [0.3, 0.4) is 0 Å². The number of halogens is 2. The van der Waals surface area contributed by atoms with Crippen molar-refractivity contribution in [2.45, 2.75) is 24.5 Å². The minimum Gasteiger partial charge on any atom is -0.497 e. The standard InChI is InChI=1S/C27H30F2N2O4S/c1-20-6-8-21(9-7-20)19-35-26(22-4-3-5-24(16-22)34-2)18-30-12-14-31(15-13-30)36(32,33)27-11-10-23(28)17-25(27)29/h3-11,16-17,26H,12-15,18-19H2,1-2H3. The Morgan fingerprint density at radius 2 is 1.67 bits per heavy atom. The van der Waals surface area contributed by atoms with E-state index in [0.717, 1.165) is 29.0 Å². The number of methoxy groups -OCH3 is 1. The van der Waals surface area contributed by atoms with E-state index in [2.05, 4.69) is 4.90 Å². The molecule has 0 N–H and O–H groups in total. The van der Waals surface area contributed by atoms with Gasteiger partial charge in [0.05, 0.1) is 19.8 Å². The molecule has 3 aromatic carbocycles. The van der Waals surface area contributed by atoms with Crippen molar-refractivity contribution in [2.75, 3.05) is 39.8 Å². The number of aryl methyl sites for hydroxylation is 1. The Hall–Kier alpha value is -2.85. The van der Waals surface area contributed by atoms with Crippen molar-refractivity contribution >= 4 is 10.0 Å². The fourth-order valence-corrected chi connectivity index (χ4v) is 5.66. The first-order valence-electron chi connectivity index (χ1n) is 11.7. The lowest BCUT2D eigenvalue weighted by Crippen LogP contribution is -2.49. The van der Waals surface area contributed by atoms with E-state index in [1.165, 1.54) is 9.87 Å². The van der Waals surface area contributed by atoms with Crippen molar-refractivity contribution in [1.82, 2.24) is 9.21 Å². The van der Waals surface area contributed by atoms with E-state index in [1.807, 2.05) is 55.5 Å². The Bertz CT molecular complexity index is 1280. The van der Waals surface area contributed by atoms with E-state index in [0.29, 0.717) is 32.3 Å². The predicted octanol–water partition coefficient (Wildman–Crippen LogP) is 4.55. The molecule has 0 amide bonds. The molecule has 0 bridgehead atoms. The quantitative estimate of drug-likeness (QED) is 0.418. The average molecular weight is 517 g/mol. The largest absolute Gasteiger partial charge is 0.497 e. The van der Waals surface area contributed by atoms with Gasteiger partial charge in [-0.2, -0.15) is 4.31 Å². The highest BCUT2D eigenvalue weighted by molar-refractivity contribution is 7.89. The zero-order valence-corrected chi connectivity index (χ0v) is 21.2. The molecule has 192 valence electrons. The predicted molar refractivity (Wildman–Crippen MR) is 133 cm³/mol. The van der Waals surface area contributed by atoms with Gasteiger partial charge in [0.15, 0.2) is 0 Å². The molecule has 1 saturated heterocycles. The summed E-state index contributed by atoms with van der Waals surface area (Å²) in [5, 5.41) is 0. The van der Waals surface area contributed by atoms with Crippen molar-refractivity contribution in [3.8, 4) is 5.75 Å².